The molecule has 0 bridgehead atoms. The van der Waals surface area contributed by atoms with Gasteiger partial charge in [-0.1, -0.05) is 218 Å². The van der Waals surface area contributed by atoms with E-state index in [0.717, 1.165) is 51.4 Å². The molecule has 0 aromatic carbocycles. The van der Waals surface area contributed by atoms with E-state index < -0.39 is 26.5 Å². The zero-order valence-electron chi connectivity index (χ0n) is 44.2. The van der Waals surface area contributed by atoms with Gasteiger partial charge in [0.1, 0.15) is 19.8 Å². The van der Waals surface area contributed by atoms with E-state index in [2.05, 4.69) is 38.2 Å². The third kappa shape index (κ3) is 51.9. The molecule has 0 rings (SSSR count). The zero-order chi connectivity index (χ0) is 48.5. The van der Waals surface area contributed by atoms with E-state index in [1.807, 2.05) is 21.1 Å². The van der Waals surface area contributed by atoms with Crippen molar-refractivity contribution in [2.45, 2.75) is 277 Å². The van der Waals surface area contributed by atoms with Gasteiger partial charge in [-0.3, -0.25) is 14.2 Å². The minimum Gasteiger partial charge on any atom is -0.756 e. The van der Waals surface area contributed by atoms with Gasteiger partial charge >= 0.3 is 11.9 Å². The molecule has 66 heavy (non-hydrogen) atoms. The van der Waals surface area contributed by atoms with Crippen LogP contribution in [-0.4, -0.2) is 70.0 Å². The van der Waals surface area contributed by atoms with Crippen molar-refractivity contribution in [1.82, 2.24) is 0 Å². The smallest absolute Gasteiger partial charge is 0.306 e. The molecule has 0 fully saturated rings. The molecule has 9 nitrogen and oxygen atoms in total. The molecular weight excluding hydrogens is 846 g/mol. The fraction of sp³-hybridized carbons (Fsp3) is 0.893. The third-order valence-corrected chi connectivity index (χ3v) is 13.4. The van der Waals surface area contributed by atoms with Crippen LogP contribution < -0.4 is 4.89 Å². The van der Waals surface area contributed by atoms with E-state index in [-0.39, 0.29) is 32.0 Å². The minimum atomic E-state index is -4.63. The number of ether oxygens (including phenoxy) is 2. The van der Waals surface area contributed by atoms with Gasteiger partial charge in [-0.2, -0.15) is 0 Å². The Labute approximate surface area is 409 Å². The largest absolute Gasteiger partial charge is 0.756 e. The third-order valence-electron chi connectivity index (χ3n) is 12.4. The summed E-state index contributed by atoms with van der Waals surface area (Å²) in [5, 5.41) is 0. The van der Waals surface area contributed by atoms with Crippen LogP contribution in [0.15, 0.2) is 24.3 Å². The summed E-state index contributed by atoms with van der Waals surface area (Å²) in [5.41, 5.74) is 0. The number of carbonyl (C=O) groups is 2. The lowest BCUT2D eigenvalue weighted by Gasteiger charge is -2.28. The van der Waals surface area contributed by atoms with Crippen molar-refractivity contribution in [3.63, 3.8) is 0 Å². The van der Waals surface area contributed by atoms with Crippen molar-refractivity contribution in [2.75, 3.05) is 47.5 Å². The fourth-order valence-corrected chi connectivity index (χ4v) is 8.79. The number of allylic oxidation sites excluding steroid dienone is 4. The van der Waals surface area contributed by atoms with Crippen LogP contribution in [0.3, 0.4) is 0 Å². The second-order valence-electron chi connectivity index (χ2n) is 20.3. The lowest BCUT2D eigenvalue weighted by atomic mass is 10.0. The van der Waals surface area contributed by atoms with Gasteiger partial charge in [0.25, 0.3) is 7.82 Å². The Kier molecular flexibility index (Phi) is 47.4. The van der Waals surface area contributed by atoms with Crippen molar-refractivity contribution in [3.05, 3.63) is 24.3 Å². The van der Waals surface area contributed by atoms with Crippen molar-refractivity contribution >= 4 is 19.8 Å². The first kappa shape index (κ1) is 64.5. The summed E-state index contributed by atoms with van der Waals surface area (Å²) in [6, 6.07) is 0. The first-order chi connectivity index (χ1) is 32.0. The maximum atomic E-state index is 12.8. The van der Waals surface area contributed by atoms with Crippen molar-refractivity contribution in [1.29, 1.82) is 0 Å². The van der Waals surface area contributed by atoms with Crippen LogP contribution in [0, 0.1) is 0 Å². The molecule has 0 heterocycles. The highest BCUT2D eigenvalue weighted by molar-refractivity contribution is 7.45. The zero-order valence-corrected chi connectivity index (χ0v) is 45.1. The molecule has 0 saturated carbocycles. The average Bonchev–Trinajstić information content (AvgIpc) is 3.27. The standard InChI is InChI=1S/C56H108NO8P/c1-6-8-10-12-14-16-18-20-21-22-23-24-25-26-27-28-29-30-31-32-33-34-35-37-39-41-43-45-47-49-56(59)65-54(53-64-66(60,61)63-51-50-57(3,4)5)52-62-55(58)48-46-44-42-40-38-36-19-17-15-13-11-9-7-2/h17,19,22-23,54H,6-16,18,20-21,24-53H2,1-5H3/b19-17-,23-22-. The van der Waals surface area contributed by atoms with E-state index >= 15 is 0 Å². The van der Waals surface area contributed by atoms with Gasteiger partial charge in [-0.05, 0) is 64.2 Å². The Balaban J connectivity index is 4.05. The molecular formula is C56H108NO8P. The molecule has 2 atom stereocenters. The molecule has 0 aliphatic rings. The number of nitrogens with zero attached hydrogens (tertiary/aromatic N) is 1. The Morgan fingerprint density at radius 1 is 0.455 bits per heavy atom. The van der Waals surface area contributed by atoms with Crippen molar-refractivity contribution in [2.24, 2.45) is 0 Å². The molecule has 0 aromatic heterocycles. The van der Waals surface area contributed by atoms with Crippen LogP contribution in [-0.2, 0) is 32.7 Å². The number of likely N-dealkylation sites (N-methyl/N-ethyl adjacent to an activating group) is 1. The van der Waals surface area contributed by atoms with Gasteiger partial charge < -0.3 is 27.9 Å². The van der Waals surface area contributed by atoms with Crippen molar-refractivity contribution in [3.8, 4) is 0 Å². The summed E-state index contributed by atoms with van der Waals surface area (Å²) in [6.07, 6.45) is 56.6. The number of esters is 2. The maximum Gasteiger partial charge on any atom is 0.306 e. The molecule has 0 radical (unpaired) electrons. The number of unbranched alkanes of at least 4 members (excludes halogenated alkanes) is 34. The van der Waals surface area contributed by atoms with Crippen LogP contribution in [0.5, 0.6) is 0 Å². The number of carbonyl (C=O) groups excluding carboxylic acids is 2. The number of phosphoric ester groups is 1. The maximum absolute atomic E-state index is 12.8. The summed E-state index contributed by atoms with van der Waals surface area (Å²) < 4.78 is 34.1. The number of quaternary nitrogens is 1. The predicted octanol–water partition coefficient (Wildman–Crippen LogP) is 16.4. The Morgan fingerprint density at radius 2 is 0.773 bits per heavy atom. The highest BCUT2D eigenvalue weighted by Crippen LogP contribution is 2.38. The number of hydrogen-bond acceptors (Lipinski definition) is 8. The van der Waals surface area contributed by atoms with Gasteiger partial charge in [0, 0.05) is 12.8 Å². The van der Waals surface area contributed by atoms with E-state index in [0.29, 0.717) is 17.4 Å². The average molecular weight is 954 g/mol. The van der Waals surface area contributed by atoms with Crippen LogP contribution in [0.25, 0.3) is 0 Å². The van der Waals surface area contributed by atoms with Crippen LogP contribution in [0.4, 0.5) is 0 Å². The highest BCUT2D eigenvalue weighted by Gasteiger charge is 2.21. The van der Waals surface area contributed by atoms with E-state index in [1.165, 1.54) is 186 Å². The molecule has 0 spiro atoms. The van der Waals surface area contributed by atoms with Gasteiger partial charge in [0.05, 0.1) is 27.7 Å². The SMILES string of the molecule is CCCCCC/C=C\CCCCCCCC(=O)OCC(COP(=O)([O-])OCC[N+](C)(C)C)OC(=O)CCCCCCCCCCCCCCCCCCC/C=C\CCCCCCCCCC. The quantitative estimate of drug-likeness (QED) is 0.0195. The summed E-state index contributed by atoms with van der Waals surface area (Å²) >= 11 is 0. The molecule has 0 aliphatic carbocycles. The Morgan fingerprint density at radius 3 is 1.14 bits per heavy atom. The predicted molar refractivity (Wildman–Crippen MR) is 278 cm³/mol. The van der Waals surface area contributed by atoms with Crippen molar-refractivity contribution < 1.29 is 42.1 Å². The number of hydrogen-bond donors (Lipinski definition) is 0. The topological polar surface area (TPSA) is 111 Å². The monoisotopic (exact) mass is 954 g/mol. The summed E-state index contributed by atoms with van der Waals surface area (Å²) in [5.74, 6) is -0.832. The molecule has 2 unspecified atom stereocenters. The first-order valence-electron chi connectivity index (χ1n) is 28.0. The van der Waals surface area contributed by atoms with E-state index in [9.17, 15) is 19.0 Å². The Bertz CT molecular complexity index is 1170. The van der Waals surface area contributed by atoms with Gasteiger partial charge in [0.15, 0.2) is 6.10 Å². The molecule has 390 valence electrons. The number of rotatable bonds is 52. The van der Waals surface area contributed by atoms with E-state index in [1.54, 1.807) is 0 Å². The Hall–Kier alpha value is -1.51. The second kappa shape index (κ2) is 48.5. The summed E-state index contributed by atoms with van der Waals surface area (Å²) in [6.45, 7) is 4.24. The van der Waals surface area contributed by atoms with Crippen LogP contribution in [0.2, 0.25) is 0 Å². The molecule has 10 heteroatoms. The minimum absolute atomic E-state index is 0.0298. The molecule has 0 saturated heterocycles. The van der Waals surface area contributed by atoms with Crippen LogP contribution >= 0.6 is 7.82 Å². The molecule has 0 aromatic rings. The van der Waals surface area contributed by atoms with E-state index in [4.69, 9.17) is 18.5 Å². The van der Waals surface area contributed by atoms with Gasteiger partial charge in [-0.25, -0.2) is 0 Å². The highest BCUT2D eigenvalue weighted by atomic mass is 31.2. The summed E-state index contributed by atoms with van der Waals surface area (Å²) in [4.78, 5) is 37.7. The normalized spacial score (nSPS) is 13.5. The number of phosphoric acid groups is 1. The van der Waals surface area contributed by atoms with Gasteiger partial charge in [-0.15, -0.1) is 0 Å². The first-order valence-corrected chi connectivity index (χ1v) is 29.5. The fourth-order valence-electron chi connectivity index (χ4n) is 8.06. The molecule has 0 amide bonds. The molecule has 0 aliphatic heterocycles. The lowest BCUT2D eigenvalue weighted by Crippen LogP contribution is -2.37. The van der Waals surface area contributed by atoms with Crippen LogP contribution in [0.1, 0.15) is 271 Å². The molecule has 0 N–H and O–H groups in total. The van der Waals surface area contributed by atoms with Gasteiger partial charge in [0.2, 0.25) is 0 Å². The summed E-state index contributed by atoms with van der Waals surface area (Å²) in [7, 11) is 1.17. The lowest BCUT2D eigenvalue weighted by molar-refractivity contribution is -0.870. The second-order valence-corrected chi connectivity index (χ2v) is 21.7.